The monoisotopic (exact) mass is 98.0 g/mol. The molecule has 0 spiro atoms. The summed E-state index contributed by atoms with van der Waals surface area (Å²) in [5.74, 6) is -0.468. The Kier molecular flexibility index (Phi) is 8.74. The number of primary amides is 1. The quantitative estimate of drug-likeness (QED) is 0.325. The van der Waals surface area contributed by atoms with Crippen LogP contribution < -0.4 is 41.0 Å². The van der Waals surface area contributed by atoms with Gasteiger partial charge in [-0.15, -0.1) is 0 Å². The van der Waals surface area contributed by atoms with Crippen LogP contribution in [-0.4, -0.2) is 12.5 Å². The molecule has 0 bridgehead atoms. The third kappa shape index (κ3) is 8.83. The van der Waals surface area contributed by atoms with E-state index in [1.807, 2.05) is 0 Å². The maximum Gasteiger partial charge on any atom is 1.00 e. The van der Waals surface area contributed by atoms with Crippen LogP contribution in [0.15, 0.2) is 0 Å². The maximum atomic E-state index is 9.47. The van der Waals surface area contributed by atoms with Gasteiger partial charge in [-0.05, 0) is 0 Å². The van der Waals surface area contributed by atoms with E-state index in [1.165, 1.54) is 0 Å². The molecule has 0 saturated heterocycles. The Hall–Kier alpha value is 0.430. The second-order valence-corrected chi connectivity index (χ2v) is 0.670. The van der Waals surface area contributed by atoms with Crippen molar-refractivity contribution in [2.45, 2.75) is 0 Å². The Labute approximate surface area is 59.8 Å². The Morgan fingerprint density at radius 3 is 2.00 bits per heavy atom. The largest absolute Gasteiger partial charge is 1.00 e. The van der Waals surface area contributed by atoms with Crippen molar-refractivity contribution < 1.29 is 35.8 Å². The average molecular weight is 98.1 g/mol. The third-order valence-corrected chi connectivity index (χ3v) is 0.201. The number of carbonyl (C=O) groups is 1. The van der Waals surface area contributed by atoms with E-state index in [2.05, 4.69) is 5.73 Å². The Bertz CT molecular complexity index is 51.0. The molecule has 6 heavy (non-hydrogen) atoms. The van der Waals surface area contributed by atoms with Crippen molar-refractivity contribution in [3.8, 4) is 0 Å². The van der Waals surface area contributed by atoms with Crippen LogP contribution in [0, 0.1) is 0 Å². The number of hydrogen-bond donors (Lipinski definition) is 2. The Morgan fingerprint density at radius 2 is 2.00 bits per heavy atom. The van der Waals surface area contributed by atoms with Gasteiger partial charge in [0.2, 0.25) is 5.91 Å². The fraction of sp³-hybridized carbons (Fsp3) is 0.500. The first-order valence-electron chi connectivity index (χ1n) is 1.25. The van der Waals surface area contributed by atoms with Crippen molar-refractivity contribution in [2.24, 2.45) is 11.5 Å². The molecule has 0 saturated carbocycles. The van der Waals surface area contributed by atoms with Gasteiger partial charge in [0.15, 0.2) is 0 Å². The first-order valence-corrected chi connectivity index (χ1v) is 1.25. The zero-order chi connectivity index (χ0) is 4.28. The molecule has 32 valence electrons. The zero-order valence-electron chi connectivity index (χ0n) is 4.77. The van der Waals surface area contributed by atoms with Crippen LogP contribution >= 0.6 is 0 Å². The molecule has 0 aliphatic carbocycles. The normalized spacial score (nSPS) is 6.17. The number of carbonyl (C=O) groups excluding carboxylic acids is 1. The summed E-state index contributed by atoms with van der Waals surface area (Å²) in [7, 11) is 0. The summed E-state index contributed by atoms with van der Waals surface area (Å²) >= 11 is 0. The second kappa shape index (κ2) is 5.43. The topological polar surface area (TPSA) is 69.1 Å². The van der Waals surface area contributed by atoms with E-state index in [0.29, 0.717) is 0 Å². The van der Waals surface area contributed by atoms with E-state index < -0.39 is 5.91 Å². The molecule has 0 rings (SSSR count). The van der Waals surface area contributed by atoms with Crippen LogP contribution in [0.2, 0.25) is 0 Å². The molecule has 3 nitrogen and oxygen atoms in total. The number of rotatable bonds is 1. The molecule has 0 unspecified atom stereocenters. The number of nitrogens with two attached hydrogens (primary N) is 2. The minimum absolute atomic E-state index is 0. The summed E-state index contributed by atoms with van der Waals surface area (Å²) in [6, 6.07) is 0. The molecule has 0 radical (unpaired) electrons. The molecule has 0 aromatic rings. The van der Waals surface area contributed by atoms with Gasteiger partial charge in [0.25, 0.3) is 0 Å². The number of hydrogen-bond acceptors (Lipinski definition) is 2. The van der Waals surface area contributed by atoms with Gasteiger partial charge in [0.1, 0.15) is 0 Å². The molecule has 1 amide bonds. The van der Waals surface area contributed by atoms with Gasteiger partial charge in [-0.3, -0.25) is 4.79 Å². The first kappa shape index (κ1) is 9.66. The number of amides is 1. The van der Waals surface area contributed by atoms with Crippen molar-refractivity contribution >= 4 is 5.91 Å². The predicted molar refractivity (Wildman–Crippen MR) is 19.4 cm³/mol. The zero-order valence-corrected chi connectivity index (χ0v) is 5.77. The fourth-order valence-corrected chi connectivity index (χ4v) is 0. The van der Waals surface area contributed by atoms with E-state index in [4.69, 9.17) is 5.73 Å². The molecule has 4 heteroatoms. The van der Waals surface area contributed by atoms with Crippen LogP contribution in [-0.2, 0) is 4.79 Å². The smallest absolute Gasteiger partial charge is 1.00 e. The SMILES string of the molecule is NCC(N)=O.[H-].[Na+]. The van der Waals surface area contributed by atoms with Crippen LogP contribution in [0.3, 0.4) is 0 Å². The maximum absolute atomic E-state index is 9.47. The van der Waals surface area contributed by atoms with Gasteiger partial charge in [0.05, 0.1) is 6.54 Å². The van der Waals surface area contributed by atoms with Crippen LogP contribution in [0.5, 0.6) is 0 Å². The predicted octanol–water partition coefficient (Wildman–Crippen LogP) is -4.45. The summed E-state index contributed by atoms with van der Waals surface area (Å²) < 4.78 is 0. The van der Waals surface area contributed by atoms with Gasteiger partial charge in [0, 0.05) is 0 Å². The molecule has 0 fully saturated rings. The molecular formula is C2H7N2NaO. The molecule has 0 aliphatic heterocycles. The minimum atomic E-state index is -0.468. The third-order valence-electron chi connectivity index (χ3n) is 0.201. The summed E-state index contributed by atoms with van der Waals surface area (Å²) in [5, 5.41) is 0. The molecule has 0 atom stereocenters. The fourth-order valence-electron chi connectivity index (χ4n) is 0. The molecular weight excluding hydrogens is 91.0 g/mol. The van der Waals surface area contributed by atoms with Gasteiger partial charge < -0.3 is 12.9 Å². The molecule has 0 aromatic carbocycles. The van der Waals surface area contributed by atoms with Gasteiger partial charge in [-0.2, -0.15) is 0 Å². The summed E-state index contributed by atoms with van der Waals surface area (Å²) in [6.45, 7) is -0.0556. The van der Waals surface area contributed by atoms with Crippen molar-refractivity contribution in [1.29, 1.82) is 0 Å². The molecule has 0 heterocycles. The van der Waals surface area contributed by atoms with E-state index in [1.54, 1.807) is 0 Å². The second-order valence-electron chi connectivity index (χ2n) is 0.670. The van der Waals surface area contributed by atoms with Gasteiger partial charge in [-0.1, -0.05) is 0 Å². The standard InChI is InChI=1S/C2H6N2O.Na.H/c3-1-2(4)5;;/h1,3H2,(H2,4,5);;/q;+1;-1. The molecule has 4 N–H and O–H groups in total. The Morgan fingerprint density at radius 1 is 1.83 bits per heavy atom. The summed E-state index contributed by atoms with van der Waals surface area (Å²) in [4.78, 5) is 9.47. The van der Waals surface area contributed by atoms with Crippen LogP contribution in [0.25, 0.3) is 0 Å². The Balaban J connectivity index is -0.0000000800. The van der Waals surface area contributed by atoms with Crippen molar-refractivity contribution in [2.75, 3.05) is 6.54 Å². The van der Waals surface area contributed by atoms with Crippen molar-refractivity contribution in [3.05, 3.63) is 0 Å². The van der Waals surface area contributed by atoms with Crippen molar-refractivity contribution in [3.63, 3.8) is 0 Å². The average Bonchev–Trinajstić information content (AvgIpc) is 1.38. The van der Waals surface area contributed by atoms with Gasteiger partial charge >= 0.3 is 29.6 Å². The van der Waals surface area contributed by atoms with E-state index >= 15 is 0 Å². The van der Waals surface area contributed by atoms with Crippen molar-refractivity contribution in [1.82, 2.24) is 0 Å². The van der Waals surface area contributed by atoms with Gasteiger partial charge in [-0.25, -0.2) is 0 Å². The minimum Gasteiger partial charge on any atom is -1.00 e. The molecule has 0 aliphatic rings. The van der Waals surface area contributed by atoms with E-state index in [-0.39, 0.29) is 37.5 Å². The van der Waals surface area contributed by atoms with E-state index in [9.17, 15) is 4.79 Å². The van der Waals surface area contributed by atoms with E-state index in [0.717, 1.165) is 0 Å². The summed E-state index contributed by atoms with van der Waals surface area (Å²) in [6.07, 6.45) is 0. The van der Waals surface area contributed by atoms with Crippen LogP contribution in [0.4, 0.5) is 0 Å². The van der Waals surface area contributed by atoms with Crippen LogP contribution in [0.1, 0.15) is 1.43 Å². The molecule has 0 aromatic heterocycles. The summed E-state index contributed by atoms with van der Waals surface area (Å²) in [5.41, 5.74) is 9.22. The first-order chi connectivity index (χ1) is 2.27.